The Kier molecular flexibility index (Phi) is 1.94. The van der Waals surface area contributed by atoms with Crippen molar-refractivity contribution in [1.82, 2.24) is 34.3 Å². The van der Waals surface area contributed by atoms with Gasteiger partial charge in [-0.1, -0.05) is 14.1 Å². The molecule has 0 aromatic carbocycles. The van der Waals surface area contributed by atoms with Gasteiger partial charge in [0.25, 0.3) is 0 Å². The summed E-state index contributed by atoms with van der Waals surface area (Å²) in [5.74, 6) is 1.80. The van der Waals surface area contributed by atoms with Crippen molar-refractivity contribution in [1.29, 1.82) is 0 Å². The largest absolute Gasteiger partial charge is 0.405 e. The fourth-order valence-electron chi connectivity index (χ4n) is 2.30. The Bertz CT molecular complexity index is 993. The molecule has 8 heteroatoms. The van der Waals surface area contributed by atoms with Crippen LogP contribution in [-0.2, 0) is 0 Å². The van der Waals surface area contributed by atoms with Gasteiger partial charge in [0.2, 0.25) is 0 Å². The minimum absolute atomic E-state index is 0.527. The van der Waals surface area contributed by atoms with Crippen LogP contribution in [-0.4, -0.2) is 34.3 Å². The lowest BCUT2D eigenvalue weighted by Gasteiger charge is -1.94. The van der Waals surface area contributed by atoms with Crippen LogP contribution in [0.25, 0.3) is 17.3 Å². The molecular formula is C12H13N8+. The molecule has 0 saturated carbocycles. The fraction of sp³-hybridized carbons (Fsp3) is 0.333. The number of hydrogen-bond acceptors (Lipinski definition) is 5. The molecule has 0 amide bonds. The van der Waals surface area contributed by atoms with Crippen LogP contribution in [0.4, 0.5) is 0 Å². The topological polar surface area (TPSA) is 77.4 Å². The highest BCUT2D eigenvalue weighted by molar-refractivity contribution is 5.38. The zero-order chi connectivity index (χ0) is 14.0. The molecule has 0 fully saturated rings. The summed E-state index contributed by atoms with van der Waals surface area (Å²) < 4.78 is 5.08. The van der Waals surface area contributed by atoms with Crippen molar-refractivity contribution in [3.8, 4) is 0 Å². The maximum atomic E-state index is 4.53. The zero-order valence-electron chi connectivity index (χ0n) is 11.7. The first-order valence-corrected chi connectivity index (χ1v) is 6.33. The van der Waals surface area contributed by atoms with E-state index in [4.69, 9.17) is 0 Å². The van der Waals surface area contributed by atoms with Gasteiger partial charge in [-0.2, -0.15) is 0 Å². The second kappa shape index (κ2) is 3.47. The third-order valence-corrected chi connectivity index (χ3v) is 3.40. The maximum Gasteiger partial charge on any atom is 0.405 e. The normalized spacial score (nSPS) is 12.0. The summed E-state index contributed by atoms with van der Waals surface area (Å²) in [6.45, 7) is 7.77. The average Bonchev–Trinajstić information content (AvgIpc) is 2.88. The third kappa shape index (κ3) is 1.30. The smallest absolute Gasteiger partial charge is 0.204 e. The van der Waals surface area contributed by atoms with E-state index in [1.54, 1.807) is 13.5 Å². The molecular weight excluding hydrogens is 256 g/mol. The fourth-order valence-corrected chi connectivity index (χ4v) is 2.30. The Labute approximate surface area is 113 Å². The van der Waals surface area contributed by atoms with Crippen molar-refractivity contribution in [2.45, 2.75) is 27.7 Å². The molecule has 0 aliphatic rings. The monoisotopic (exact) mass is 269 g/mol. The average molecular weight is 269 g/mol. The molecule has 0 aliphatic carbocycles. The van der Waals surface area contributed by atoms with Gasteiger partial charge in [-0.15, -0.1) is 14.6 Å². The molecule has 0 spiro atoms. The number of aryl methyl sites for hydroxylation is 4. The van der Waals surface area contributed by atoms with Crippen LogP contribution in [0.1, 0.15) is 22.8 Å². The molecule has 0 bridgehead atoms. The Morgan fingerprint density at radius 3 is 2.50 bits per heavy atom. The van der Waals surface area contributed by atoms with E-state index in [9.17, 15) is 0 Å². The number of rotatable bonds is 0. The first kappa shape index (κ1) is 11.2. The second-order valence-electron chi connectivity index (χ2n) is 4.96. The van der Waals surface area contributed by atoms with Crippen LogP contribution in [0.3, 0.4) is 0 Å². The van der Waals surface area contributed by atoms with E-state index in [1.165, 1.54) is 0 Å². The lowest BCUT2D eigenvalue weighted by molar-refractivity contribution is -0.551. The van der Waals surface area contributed by atoms with Gasteiger partial charge in [0.05, 0.1) is 22.8 Å². The van der Waals surface area contributed by atoms with Gasteiger partial charge in [-0.3, -0.25) is 0 Å². The van der Waals surface area contributed by atoms with Gasteiger partial charge in [0.1, 0.15) is 0 Å². The number of hydrogen-bond donors (Lipinski definition) is 0. The molecule has 0 atom stereocenters. The SMILES string of the molecule is Cc1cc(C)n2nc3n4nc(C)c(C)nc4n[n+]3c2n1. The molecule has 4 aromatic heterocycles. The van der Waals surface area contributed by atoms with Gasteiger partial charge < -0.3 is 0 Å². The number of aromatic nitrogens is 8. The molecule has 4 heterocycles. The van der Waals surface area contributed by atoms with Crippen molar-refractivity contribution in [2.24, 2.45) is 0 Å². The summed E-state index contributed by atoms with van der Waals surface area (Å²) >= 11 is 0. The second-order valence-corrected chi connectivity index (χ2v) is 4.96. The van der Waals surface area contributed by atoms with Gasteiger partial charge in [0.15, 0.2) is 0 Å². The summed E-state index contributed by atoms with van der Waals surface area (Å²) in [5.41, 5.74) is 3.65. The van der Waals surface area contributed by atoms with Gasteiger partial charge in [0, 0.05) is 11.2 Å². The Morgan fingerprint density at radius 1 is 0.900 bits per heavy atom. The molecule has 0 saturated heterocycles. The quantitative estimate of drug-likeness (QED) is 0.424. The van der Waals surface area contributed by atoms with Crippen molar-refractivity contribution in [2.75, 3.05) is 0 Å². The summed E-state index contributed by atoms with van der Waals surface area (Å²) in [6.07, 6.45) is 0. The van der Waals surface area contributed by atoms with E-state index in [0.29, 0.717) is 17.3 Å². The highest BCUT2D eigenvalue weighted by atomic mass is 15.5. The van der Waals surface area contributed by atoms with E-state index in [1.807, 2.05) is 33.8 Å². The van der Waals surface area contributed by atoms with Crippen molar-refractivity contribution < 1.29 is 4.52 Å². The Hall–Kier alpha value is -2.64. The van der Waals surface area contributed by atoms with E-state index in [-0.39, 0.29) is 0 Å². The van der Waals surface area contributed by atoms with Gasteiger partial charge in [-0.25, -0.2) is 4.98 Å². The Morgan fingerprint density at radius 2 is 1.70 bits per heavy atom. The first-order chi connectivity index (χ1) is 9.54. The molecule has 4 aromatic rings. The molecule has 4 rings (SSSR count). The van der Waals surface area contributed by atoms with Gasteiger partial charge >= 0.3 is 17.3 Å². The van der Waals surface area contributed by atoms with Crippen molar-refractivity contribution in [3.63, 3.8) is 0 Å². The van der Waals surface area contributed by atoms with Crippen LogP contribution in [0, 0.1) is 27.7 Å². The summed E-state index contributed by atoms with van der Waals surface area (Å²) in [5, 5.41) is 13.5. The standard InChI is InChI=1S/C12H13N8/c1-6-5-7(2)18-11(13-6)20-12(17-18)19-10(16-20)14-8(3)9(4)15-19/h5H,1-4H3/q+1. The van der Waals surface area contributed by atoms with Crippen molar-refractivity contribution in [3.05, 3.63) is 28.8 Å². The zero-order valence-corrected chi connectivity index (χ0v) is 11.7. The highest BCUT2D eigenvalue weighted by Crippen LogP contribution is 2.07. The lowest BCUT2D eigenvalue weighted by Crippen LogP contribution is -2.23. The van der Waals surface area contributed by atoms with E-state index < -0.39 is 0 Å². The van der Waals surface area contributed by atoms with Crippen LogP contribution in [0.5, 0.6) is 0 Å². The van der Waals surface area contributed by atoms with Crippen LogP contribution >= 0.6 is 0 Å². The predicted octanol–water partition coefficient (Wildman–Crippen LogP) is 0.139. The van der Waals surface area contributed by atoms with Crippen LogP contribution < -0.4 is 4.52 Å². The number of fused-ring (bicyclic) bond motifs is 5. The minimum atomic E-state index is 0.527. The van der Waals surface area contributed by atoms with Gasteiger partial charge in [-0.05, 0) is 27.7 Å². The molecule has 20 heavy (non-hydrogen) atoms. The number of nitrogens with zero attached hydrogens (tertiary/aromatic N) is 8. The molecule has 0 unspecified atom stereocenters. The molecule has 0 radical (unpaired) electrons. The highest BCUT2D eigenvalue weighted by Gasteiger charge is 2.24. The van der Waals surface area contributed by atoms with Crippen molar-refractivity contribution >= 4 is 17.3 Å². The molecule has 100 valence electrons. The first-order valence-electron chi connectivity index (χ1n) is 6.33. The summed E-state index contributed by atoms with van der Waals surface area (Å²) in [7, 11) is 0. The molecule has 0 aliphatic heterocycles. The van der Waals surface area contributed by atoms with Crippen LogP contribution in [0.15, 0.2) is 6.07 Å². The predicted molar refractivity (Wildman–Crippen MR) is 69.4 cm³/mol. The molecule has 8 nitrogen and oxygen atoms in total. The maximum absolute atomic E-state index is 4.53. The summed E-state index contributed by atoms with van der Waals surface area (Å²) in [6, 6.07) is 1.98. The molecule has 0 N–H and O–H groups in total. The van der Waals surface area contributed by atoms with E-state index in [0.717, 1.165) is 22.8 Å². The Balaban J connectivity index is 2.25. The summed E-state index contributed by atoms with van der Waals surface area (Å²) in [4.78, 5) is 8.92. The van der Waals surface area contributed by atoms with E-state index >= 15 is 0 Å². The minimum Gasteiger partial charge on any atom is -0.204 e. The van der Waals surface area contributed by atoms with E-state index in [2.05, 4.69) is 25.3 Å². The lowest BCUT2D eigenvalue weighted by atomic mass is 10.4. The third-order valence-electron chi connectivity index (χ3n) is 3.40. The van der Waals surface area contributed by atoms with Crippen LogP contribution in [0.2, 0.25) is 0 Å².